The standard InChI is InChI=1S/C26H14F6O6S4/c27-25(28,29)41(33,34)37-17-9-5-13-21-23(17)24-18(38-42(35,36)26(30,31)32)10-6-14-22(24)40-20-12-4-2-8-16(20)15-7-1-3-11-19(15)39-21/h1-14H. The van der Waals surface area contributed by atoms with E-state index in [1.807, 2.05) is 0 Å². The first-order chi connectivity index (χ1) is 19.6. The predicted molar refractivity (Wildman–Crippen MR) is 143 cm³/mol. The molecule has 4 aromatic rings. The third-order valence-corrected chi connectivity index (χ3v) is 9.90. The molecule has 1 aliphatic rings. The molecule has 0 spiro atoms. The summed E-state index contributed by atoms with van der Waals surface area (Å²) in [5.41, 5.74) is -11.2. The molecule has 6 nitrogen and oxygen atoms in total. The van der Waals surface area contributed by atoms with Crippen LogP contribution in [0.5, 0.6) is 11.5 Å². The maximum atomic E-state index is 13.4. The Balaban J connectivity index is 1.87. The van der Waals surface area contributed by atoms with Gasteiger partial charge in [-0.05, 0) is 47.5 Å². The SMILES string of the molecule is O=S(=O)(Oc1cccc2c1-c1c(OS(=O)(=O)C(F)(F)F)cccc1Sc1ccccc1-c1ccccc1S2)C(F)(F)F. The van der Waals surface area contributed by atoms with Crippen LogP contribution >= 0.6 is 23.5 Å². The van der Waals surface area contributed by atoms with Gasteiger partial charge in [-0.2, -0.15) is 43.2 Å². The molecule has 42 heavy (non-hydrogen) atoms. The summed E-state index contributed by atoms with van der Waals surface area (Å²) in [7, 11) is -12.5. The van der Waals surface area contributed by atoms with Crippen molar-refractivity contribution < 1.29 is 51.5 Å². The van der Waals surface area contributed by atoms with Gasteiger partial charge in [-0.25, -0.2) is 0 Å². The molecule has 1 aliphatic heterocycles. The van der Waals surface area contributed by atoms with Crippen molar-refractivity contribution in [1.82, 2.24) is 0 Å². The highest BCUT2D eigenvalue weighted by Crippen LogP contribution is 2.54. The molecular formula is C26H14F6O6S4. The van der Waals surface area contributed by atoms with E-state index < -0.39 is 53.9 Å². The van der Waals surface area contributed by atoms with Crippen molar-refractivity contribution >= 4 is 43.8 Å². The summed E-state index contributed by atoms with van der Waals surface area (Å²) < 4.78 is 137. The maximum Gasteiger partial charge on any atom is 0.534 e. The van der Waals surface area contributed by atoms with Crippen molar-refractivity contribution in [3.63, 3.8) is 0 Å². The van der Waals surface area contributed by atoms with Crippen LogP contribution in [0.4, 0.5) is 26.3 Å². The Kier molecular flexibility index (Phi) is 7.70. The van der Waals surface area contributed by atoms with Crippen molar-refractivity contribution in [3.05, 3.63) is 84.9 Å². The topological polar surface area (TPSA) is 86.7 Å². The molecule has 0 aromatic heterocycles. The summed E-state index contributed by atoms with van der Waals surface area (Å²) in [6.07, 6.45) is 0. The molecule has 5 rings (SSSR count). The van der Waals surface area contributed by atoms with Gasteiger partial charge in [-0.15, -0.1) is 0 Å². The molecule has 0 aliphatic carbocycles. The van der Waals surface area contributed by atoms with Gasteiger partial charge < -0.3 is 8.37 Å². The molecule has 0 amide bonds. The molecule has 0 unspecified atom stereocenters. The van der Waals surface area contributed by atoms with E-state index in [9.17, 15) is 43.2 Å². The van der Waals surface area contributed by atoms with Crippen molar-refractivity contribution in [2.75, 3.05) is 0 Å². The molecule has 16 heteroatoms. The second-order valence-electron chi connectivity index (χ2n) is 8.42. The fraction of sp³-hybridized carbons (Fsp3) is 0.0769. The zero-order chi connectivity index (χ0) is 30.5. The van der Waals surface area contributed by atoms with E-state index in [4.69, 9.17) is 0 Å². The van der Waals surface area contributed by atoms with Gasteiger partial charge in [0.1, 0.15) is 0 Å². The molecule has 4 aromatic carbocycles. The number of hydrogen-bond donors (Lipinski definition) is 0. The number of alkyl halides is 6. The van der Waals surface area contributed by atoms with Crippen molar-refractivity contribution in [1.29, 1.82) is 0 Å². The molecule has 0 radical (unpaired) electrons. The van der Waals surface area contributed by atoms with Gasteiger partial charge in [0.15, 0.2) is 11.5 Å². The van der Waals surface area contributed by atoms with Gasteiger partial charge in [-0.1, -0.05) is 72.1 Å². The van der Waals surface area contributed by atoms with Crippen LogP contribution in [-0.2, 0) is 20.2 Å². The Bertz CT molecular complexity index is 1770. The van der Waals surface area contributed by atoms with E-state index in [-0.39, 0.29) is 9.79 Å². The van der Waals surface area contributed by atoms with E-state index in [1.54, 1.807) is 48.5 Å². The Morgan fingerprint density at radius 1 is 0.476 bits per heavy atom. The van der Waals surface area contributed by atoms with Gasteiger partial charge in [0.05, 0.1) is 0 Å². The van der Waals surface area contributed by atoms with E-state index in [0.29, 0.717) is 20.9 Å². The van der Waals surface area contributed by atoms with E-state index in [2.05, 4.69) is 8.37 Å². The Morgan fingerprint density at radius 3 is 1.17 bits per heavy atom. The molecule has 0 N–H and O–H groups in total. The fourth-order valence-corrected chi connectivity index (χ4v) is 7.13. The van der Waals surface area contributed by atoms with Gasteiger partial charge >= 0.3 is 31.3 Å². The summed E-state index contributed by atoms with van der Waals surface area (Å²) in [6.45, 7) is 0. The summed E-state index contributed by atoms with van der Waals surface area (Å²) in [6, 6.07) is 20.7. The van der Waals surface area contributed by atoms with Crippen LogP contribution in [0.15, 0.2) is 105 Å². The average Bonchev–Trinajstić information content (AvgIpc) is 2.89. The minimum Gasteiger partial charge on any atom is -0.375 e. The molecule has 0 saturated carbocycles. The van der Waals surface area contributed by atoms with Crippen molar-refractivity contribution in [2.24, 2.45) is 0 Å². The quantitative estimate of drug-likeness (QED) is 0.108. The second kappa shape index (κ2) is 10.7. The van der Waals surface area contributed by atoms with Crippen LogP contribution in [-0.4, -0.2) is 27.9 Å². The van der Waals surface area contributed by atoms with Crippen molar-refractivity contribution in [2.45, 2.75) is 30.6 Å². The third-order valence-electron chi connectivity index (χ3n) is 5.70. The highest BCUT2D eigenvalue weighted by molar-refractivity contribution is 8.00. The predicted octanol–water partition coefficient (Wildman–Crippen LogP) is 8.09. The number of halogens is 6. The lowest BCUT2D eigenvalue weighted by molar-refractivity contribution is -0.0505. The molecule has 220 valence electrons. The molecule has 0 bridgehead atoms. The molecule has 0 fully saturated rings. The lowest BCUT2D eigenvalue weighted by Gasteiger charge is -2.23. The van der Waals surface area contributed by atoms with E-state index in [0.717, 1.165) is 35.7 Å². The first-order valence-electron chi connectivity index (χ1n) is 11.4. The highest BCUT2D eigenvalue weighted by Gasteiger charge is 2.50. The summed E-state index contributed by atoms with van der Waals surface area (Å²) in [5.74, 6) is -1.82. The van der Waals surface area contributed by atoms with Gasteiger partial charge in [-0.3, -0.25) is 0 Å². The van der Waals surface area contributed by atoms with Gasteiger partial charge in [0.25, 0.3) is 0 Å². The smallest absolute Gasteiger partial charge is 0.375 e. The third kappa shape index (κ3) is 5.67. The number of hydrogen-bond acceptors (Lipinski definition) is 8. The second-order valence-corrected chi connectivity index (χ2v) is 13.7. The van der Waals surface area contributed by atoms with E-state index >= 15 is 0 Å². The maximum absolute atomic E-state index is 13.4. The number of fused-ring (bicyclic) bond motifs is 6. The molecule has 1 heterocycles. The molecule has 0 saturated heterocycles. The van der Waals surface area contributed by atoms with Gasteiger partial charge in [0, 0.05) is 30.7 Å². The van der Waals surface area contributed by atoms with Crippen LogP contribution in [0.1, 0.15) is 0 Å². The minimum absolute atomic E-state index is 0.0408. The average molecular weight is 665 g/mol. The largest absolute Gasteiger partial charge is 0.534 e. The normalized spacial score (nSPS) is 13.7. The lowest BCUT2D eigenvalue weighted by Crippen LogP contribution is -2.28. The summed E-state index contributed by atoms with van der Waals surface area (Å²) >= 11 is 1.91. The van der Waals surface area contributed by atoms with Crippen LogP contribution in [0.25, 0.3) is 22.3 Å². The Hall–Kier alpha value is -3.34. The van der Waals surface area contributed by atoms with E-state index in [1.165, 1.54) is 24.3 Å². The van der Waals surface area contributed by atoms with Gasteiger partial charge in [0.2, 0.25) is 0 Å². The number of benzene rings is 4. The first-order valence-corrected chi connectivity index (χ1v) is 15.9. The van der Waals surface area contributed by atoms with Crippen LogP contribution < -0.4 is 8.37 Å². The number of rotatable bonds is 4. The Labute approximate surface area is 243 Å². The molecule has 0 atom stereocenters. The highest BCUT2D eigenvalue weighted by atomic mass is 32.2. The Morgan fingerprint density at radius 2 is 0.810 bits per heavy atom. The van der Waals surface area contributed by atoms with Crippen LogP contribution in [0.3, 0.4) is 0 Å². The molecular weight excluding hydrogens is 651 g/mol. The fourth-order valence-electron chi connectivity index (χ4n) is 3.95. The van der Waals surface area contributed by atoms with Crippen molar-refractivity contribution in [3.8, 4) is 33.8 Å². The summed E-state index contributed by atoms with van der Waals surface area (Å²) in [4.78, 5) is 1.18. The lowest BCUT2D eigenvalue weighted by atomic mass is 10.0. The zero-order valence-electron chi connectivity index (χ0n) is 20.4. The monoisotopic (exact) mass is 664 g/mol. The minimum atomic E-state index is -6.26. The summed E-state index contributed by atoms with van der Waals surface area (Å²) in [5, 5.41) is 0. The zero-order valence-corrected chi connectivity index (χ0v) is 23.7. The van der Waals surface area contributed by atoms with Crippen LogP contribution in [0.2, 0.25) is 0 Å². The van der Waals surface area contributed by atoms with Crippen LogP contribution in [0, 0.1) is 0 Å². The first kappa shape index (κ1) is 30.1.